The molecule has 1 N–H and O–H groups in total. The van der Waals surface area contributed by atoms with E-state index in [1.165, 1.54) is 17.3 Å². The topological polar surface area (TPSA) is 63.2 Å². The van der Waals surface area contributed by atoms with Crippen LogP contribution < -0.4 is 5.32 Å². The van der Waals surface area contributed by atoms with E-state index in [1.807, 2.05) is 48.5 Å². The summed E-state index contributed by atoms with van der Waals surface area (Å²) in [5, 5.41) is 3.34. The van der Waals surface area contributed by atoms with Crippen molar-refractivity contribution in [1.82, 2.24) is 0 Å². The second-order valence-corrected chi connectivity index (χ2v) is 8.86. The second kappa shape index (κ2) is 9.50. The third-order valence-electron chi connectivity index (χ3n) is 5.24. The molecule has 1 unspecified atom stereocenters. The van der Waals surface area contributed by atoms with Crippen LogP contribution in [-0.2, 0) is 22.4 Å². The maximum Gasteiger partial charge on any atom is 0.292 e. The third-order valence-corrected chi connectivity index (χ3v) is 6.66. The fourth-order valence-electron chi connectivity index (χ4n) is 3.47. The SMILES string of the molecule is O=C(Nc1ccc(CCc2ccc(Cl)cc2)cc1)C(=O)C1CSc2ccccc2C1=O. The van der Waals surface area contributed by atoms with E-state index in [9.17, 15) is 14.4 Å². The highest BCUT2D eigenvalue weighted by atomic mass is 35.5. The van der Waals surface area contributed by atoms with Gasteiger partial charge in [-0.2, -0.15) is 0 Å². The number of benzene rings is 3. The largest absolute Gasteiger partial charge is 0.319 e. The highest BCUT2D eigenvalue weighted by Gasteiger charge is 2.36. The summed E-state index contributed by atoms with van der Waals surface area (Å²) < 4.78 is 0. The summed E-state index contributed by atoms with van der Waals surface area (Å²) in [5.74, 6) is -2.40. The van der Waals surface area contributed by atoms with Crippen LogP contribution in [0.4, 0.5) is 5.69 Å². The van der Waals surface area contributed by atoms with Gasteiger partial charge in [0.2, 0.25) is 5.78 Å². The Morgan fingerprint density at radius 2 is 1.52 bits per heavy atom. The highest BCUT2D eigenvalue weighted by molar-refractivity contribution is 7.99. The van der Waals surface area contributed by atoms with E-state index < -0.39 is 17.6 Å². The van der Waals surface area contributed by atoms with Gasteiger partial charge < -0.3 is 5.32 Å². The molecule has 156 valence electrons. The Kier molecular flexibility index (Phi) is 6.54. The van der Waals surface area contributed by atoms with Crippen LogP contribution in [0.1, 0.15) is 21.5 Å². The lowest BCUT2D eigenvalue weighted by atomic mass is 9.94. The normalized spacial score (nSPS) is 15.3. The van der Waals surface area contributed by atoms with E-state index in [2.05, 4.69) is 5.32 Å². The van der Waals surface area contributed by atoms with Gasteiger partial charge in [-0.25, -0.2) is 0 Å². The van der Waals surface area contributed by atoms with Gasteiger partial charge in [-0.15, -0.1) is 11.8 Å². The number of aryl methyl sites for hydroxylation is 2. The average molecular weight is 450 g/mol. The summed E-state index contributed by atoms with van der Waals surface area (Å²) in [6.45, 7) is 0. The van der Waals surface area contributed by atoms with E-state index in [1.54, 1.807) is 24.3 Å². The molecule has 31 heavy (non-hydrogen) atoms. The van der Waals surface area contributed by atoms with Crippen molar-refractivity contribution in [3.63, 3.8) is 0 Å². The Balaban J connectivity index is 1.34. The Hall–Kier alpha value is -2.89. The van der Waals surface area contributed by atoms with Crippen LogP contribution in [0.15, 0.2) is 77.7 Å². The number of carbonyl (C=O) groups is 3. The van der Waals surface area contributed by atoms with E-state index in [0.717, 1.165) is 28.3 Å². The number of amides is 1. The molecule has 3 aromatic rings. The molecule has 0 saturated heterocycles. The number of nitrogens with one attached hydrogen (secondary N) is 1. The molecule has 4 nitrogen and oxygen atoms in total. The lowest BCUT2D eigenvalue weighted by Crippen LogP contribution is -2.37. The number of halogens is 1. The second-order valence-electron chi connectivity index (χ2n) is 7.37. The van der Waals surface area contributed by atoms with Gasteiger partial charge in [0.1, 0.15) is 5.92 Å². The predicted molar refractivity (Wildman–Crippen MR) is 124 cm³/mol. The Bertz CT molecular complexity index is 1130. The summed E-state index contributed by atoms with van der Waals surface area (Å²) >= 11 is 7.34. The molecular weight excluding hydrogens is 430 g/mol. The van der Waals surface area contributed by atoms with Gasteiger partial charge in [0.25, 0.3) is 5.91 Å². The molecule has 0 bridgehead atoms. The van der Waals surface area contributed by atoms with Gasteiger partial charge in [0.15, 0.2) is 5.78 Å². The van der Waals surface area contributed by atoms with Crippen molar-refractivity contribution in [1.29, 1.82) is 0 Å². The number of ketones is 2. The van der Waals surface area contributed by atoms with Crippen molar-refractivity contribution in [3.05, 3.63) is 94.5 Å². The number of thioether (sulfide) groups is 1. The number of rotatable bonds is 6. The van der Waals surface area contributed by atoms with Crippen LogP contribution in [0.2, 0.25) is 5.02 Å². The van der Waals surface area contributed by atoms with Gasteiger partial charge in [0, 0.05) is 26.9 Å². The van der Waals surface area contributed by atoms with E-state index >= 15 is 0 Å². The molecule has 0 spiro atoms. The number of carbonyl (C=O) groups excluding carboxylic acids is 3. The molecule has 0 fully saturated rings. The number of hydrogen-bond acceptors (Lipinski definition) is 4. The summed E-state index contributed by atoms with van der Waals surface area (Å²) in [4.78, 5) is 38.6. The fourth-order valence-corrected chi connectivity index (χ4v) is 4.75. The fraction of sp³-hybridized carbons (Fsp3) is 0.160. The number of fused-ring (bicyclic) bond motifs is 1. The third kappa shape index (κ3) is 5.06. The quantitative estimate of drug-likeness (QED) is 0.413. The van der Waals surface area contributed by atoms with E-state index in [0.29, 0.717) is 11.3 Å². The number of hydrogen-bond donors (Lipinski definition) is 1. The number of anilines is 1. The maximum absolute atomic E-state index is 12.6. The first-order chi connectivity index (χ1) is 15.0. The smallest absolute Gasteiger partial charge is 0.292 e. The molecule has 0 radical (unpaired) electrons. The van der Waals surface area contributed by atoms with Gasteiger partial charge in [0.05, 0.1) is 0 Å². The van der Waals surface area contributed by atoms with Crippen molar-refractivity contribution in [2.45, 2.75) is 17.7 Å². The summed E-state index contributed by atoms with van der Waals surface area (Å²) in [5.41, 5.74) is 3.36. The van der Waals surface area contributed by atoms with Gasteiger partial charge in [-0.05, 0) is 54.3 Å². The van der Waals surface area contributed by atoms with E-state index in [-0.39, 0.29) is 11.5 Å². The molecular formula is C25H20ClNO3S. The minimum Gasteiger partial charge on any atom is -0.319 e. The van der Waals surface area contributed by atoms with Crippen molar-refractivity contribution in [3.8, 4) is 0 Å². The zero-order valence-corrected chi connectivity index (χ0v) is 18.2. The summed E-state index contributed by atoms with van der Waals surface area (Å²) in [7, 11) is 0. The Morgan fingerprint density at radius 3 is 2.19 bits per heavy atom. The molecule has 6 heteroatoms. The van der Waals surface area contributed by atoms with Crippen LogP contribution in [0.3, 0.4) is 0 Å². The highest BCUT2D eigenvalue weighted by Crippen LogP contribution is 2.33. The van der Waals surface area contributed by atoms with E-state index in [4.69, 9.17) is 11.6 Å². The first-order valence-corrected chi connectivity index (χ1v) is 11.3. The first kappa shape index (κ1) is 21.3. The first-order valence-electron chi connectivity index (χ1n) is 9.96. The van der Waals surface area contributed by atoms with Gasteiger partial charge in [-0.1, -0.05) is 54.1 Å². The molecule has 0 aromatic heterocycles. The van der Waals surface area contributed by atoms with Crippen molar-refractivity contribution >= 4 is 46.5 Å². The van der Waals surface area contributed by atoms with Gasteiger partial charge >= 0.3 is 0 Å². The molecule has 3 aromatic carbocycles. The molecule has 0 aliphatic carbocycles. The van der Waals surface area contributed by atoms with Crippen LogP contribution in [-0.4, -0.2) is 23.2 Å². The molecule has 1 aliphatic heterocycles. The van der Waals surface area contributed by atoms with Gasteiger partial charge in [-0.3, -0.25) is 14.4 Å². The maximum atomic E-state index is 12.6. The molecule has 1 amide bonds. The zero-order valence-electron chi connectivity index (χ0n) is 16.6. The summed E-state index contributed by atoms with van der Waals surface area (Å²) in [6, 6.07) is 22.3. The van der Waals surface area contributed by atoms with Crippen LogP contribution in [0.25, 0.3) is 0 Å². The average Bonchev–Trinajstić information content (AvgIpc) is 2.79. The zero-order chi connectivity index (χ0) is 21.8. The lowest BCUT2D eigenvalue weighted by molar-refractivity contribution is -0.136. The molecule has 1 heterocycles. The monoisotopic (exact) mass is 449 g/mol. The molecule has 1 aliphatic rings. The Morgan fingerprint density at radius 1 is 0.903 bits per heavy atom. The summed E-state index contributed by atoms with van der Waals surface area (Å²) in [6.07, 6.45) is 1.73. The van der Waals surface area contributed by atoms with Crippen LogP contribution in [0.5, 0.6) is 0 Å². The van der Waals surface area contributed by atoms with Crippen molar-refractivity contribution in [2.75, 3.05) is 11.1 Å². The molecule has 1 atom stereocenters. The molecule has 0 saturated carbocycles. The number of Topliss-reactive ketones (excluding diaryl/α,β-unsaturated/α-hetero) is 2. The Labute approximate surface area is 190 Å². The lowest BCUT2D eigenvalue weighted by Gasteiger charge is -2.21. The predicted octanol–water partition coefficient (Wildman–Crippen LogP) is 5.24. The molecule has 4 rings (SSSR count). The van der Waals surface area contributed by atoms with Crippen molar-refractivity contribution < 1.29 is 14.4 Å². The van der Waals surface area contributed by atoms with Crippen LogP contribution >= 0.6 is 23.4 Å². The minimum absolute atomic E-state index is 0.283. The van der Waals surface area contributed by atoms with Crippen LogP contribution in [0, 0.1) is 5.92 Å². The van der Waals surface area contributed by atoms with Crippen molar-refractivity contribution in [2.24, 2.45) is 5.92 Å². The standard InChI is InChI=1S/C25H20ClNO3S/c26-18-11-7-16(8-12-18)5-6-17-9-13-19(14-10-17)27-25(30)24(29)21-15-31-22-4-2-1-3-20(22)23(21)28/h1-4,7-14,21H,5-6,15H2,(H,27,30). The minimum atomic E-state index is -0.946.